The molecule has 0 aliphatic carbocycles. The Kier molecular flexibility index (Phi) is 5.70. The Morgan fingerprint density at radius 3 is 2.14 bits per heavy atom. The SMILES string of the molecule is CCCCCCc1ccc(CCl)cc1. The summed E-state index contributed by atoms with van der Waals surface area (Å²) < 4.78 is 0. The van der Waals surface area contributed by atoms with Gasteiger partial charge in [-0.15, -0.1) is 11.6 Å². The van der Waals surface area contributed by atoms with Crippen LogP contribution in [0.3, 0.4) is 0 Å². The molecule has 0 fully saturated rings. The number of hydrogen-bond donors (Lipinski definition) is 0. The predicted octanol–water partition coefficient (Wildman–Crippen LogP) is 4.55. The first-order chi connectivity index (χ1) is 6.86. The van der Waals surface area contributed by atoms with Crippen molar-refractivity contribution in [2.75, 3.05) is 0 Å². The molecule has 0 amide bonds. The first kappa shape index (κ1) is 11.6. The van der Waals surface area contributed by atoms with Gasteiger partial charge in [0.15, 0.2) is 0 Å². The normalized spacial score (nSPS) is 10.4. The number of unbranched alkanes of at least 4 members (excludes halogenated alkanes) is 3. The van der Waals surface area contributed by atoms with Gasteiger partial charge in [-0.25, -0.2) is 0 Å². The van der Waals surface area contributed by atoms with E-state index in [1.165, 1.54) is 43.2 Å². The summed E-state index contributed by atoms with van der Waals surface area (Å²) in [5.41, 5.74) is 2.65. The third-order valence-electron chi connectivity index (χ3n) is 2.50. The van der Waals surface area contributed by atoms with Crippen molar-refractivity contribution in [3.8, 4) is 0 Å². The van der Waals surface area contributed by atoms with Gasteiger partial charge in [0, 0.05) is 5.88 Å². The summed E-state index contributed by atoms with van der Waals surface area (Å²) in [7, 11) is 0. The third-order valence-corrected chi connectivity index (χ3v) is 2.80. The smallest absolute Gasteiger partial charge is 0.0474 e. The summed E-state index contributed by atoms with van der Waals surface area (Å²) in [6, 6.07) is 8.65. The fourth-order valence-electron chi connectivity index (χ4n) is 1.55. The van der Waals surface area contributed by atoms with Crippen LogP contribution in [0.1, 0.15) is 43.7 Å². The summed E-state index contributed by atoms with van der Waals surface area (Å²) in [4.78, 5) is 0. The molecular weight excluding hydrogens is 192 g/mol. The van der Waals surface area contributed by atoms with Gasteiger partial charge in [0.1, 0.15) is 0 Å². The molecule has 0 aromatic heterocycles. The highest BCUT2D eigenvalue weighted by Gasteiger charge is 1.94. The lowest BCUT2D eigenvalue weighted by molar-refractivity contribution is 0.667. The molecule has 0 heterocycles. The van der Waals surface area contributed by atoms with E-state index in [0.29, 0.717) is 5.88 Å². The summed E-state index contributed by atoms with van der Waals surface area (Å²) in [6.45, 7) is 2.25. The molecule has 78 valence electrons. The lowest BCUT2D eigenvalue weighted by atomic mass is 10.1. The zero-order valence-electron chi connectivity index (χ0n) is 8.93. The topological polar surface area (TPSA) is 0 Å². The number of halogens is 1. The molecule has 0 saturated heterocycles. The first-order valence-corrected chi connectivity index (χ1v) is 6.04. The molecule has 1 aromatic rings. The van der Waals surface area contributed by atoms with E-state index in [-0.39, 0.29) is 0 Å². The second-order valence-electron chi connectivity index (χ2n) is 3.76. The van der Waals surface area contributed by atoms with Crippen LogP contribution in [-0.4, -0.2) is 0 Å². The summed E-state index contributed by atoms with van der Waals surface area (Å²) in [6.07, 6.45) is 6.55. The van der Waals surface area contributed by atoms with Crippen LogP contribution < -0.4 is 0 Å². The van der Waals surface area contributed by atoms with Crippen molar-refractivity contribution in [3.05, 3.63) is 35.4 Å². The minimum atomic E-state index is 0.621. The molecule has 0 saturated carbocycles. The van der Waals surface area contributed by atoms with Crippen LogP contribution in [0.4, 0.5) is 0 Å². The monoisotopic (exact) mass is 210 g/mol. The van der Waals surface area contributed by atoms with Crippen molar-refractivity contribution in [2.45, 2.75) is 44.9 Å². The molecular formula is C13H19Cl. The maximum absolute atomic E-state index is 5.72. The zero-order valence-corrected chi connectivity index (χ0v) is 9.69. The van der Waals surface area contributed by atoms with Crippen molar-refractivity contribution in [1.82, 2.24) is 0 Å². The van der Waals surface area contributed by atoms with Gasteiger partial charge in [-0.2, -0.15) is 0 Å². The Balaban J connectivity index is 2.29. The lowest BCUT2D eigenvalue weighted by Crippen LogP contribution is -1.86. The third kappa shape index (κ3) is 4.15. The summed E-state index contributed by atoms with van der Waals surface area (Å²) in [5, 5.41) is 0. The number of alkyl halides is 1. The van der Waals surface area contributed by atoms with Crippen molar-refractivity contribution in [2.24, 2.45) is 0 Å². The largest absolute Gasteiger partial charge is 0.122 e. The Hall–Kier alpha value is -0.490. The van der Waals surface area contributed by atoms with Gasteiger partial charge < -0.3 is 0 Å². The van der Waals surface area contributed by atoms with Gasteiger partial charge in [-0.1, -0.05) is 50.5 Å². The van der Waals surface area contributed by atoms with Crippen molar-refractivity contribution < 1.29 is 0 Å². The number of aryl methyl sites for hydroxylation is 1. The van der Waals surface area contributed by atoms with E-state index >= 15 is 0 Å². The zero-order chi connectivity index (χ0) is 10.2. The molecule has 1 aromatic carbocycles. The van der Waals surface area contributed by atoms with Crippen LogP contribution in [0.25, 0.3) is 0 Å². The van der Waals surface area contributed by atoms with E-state index in [1.807, 2.05) is 0 Å². The van der Waals surface area contributed by atoms with Crippen LogP contribution >= 0.6 is 11.6 Å². The molecule has 0 aliphatic rings. The maximum atomic E-state index is 5.72. The van der Waals surface area contributed by atoms with Crippen LogP contribution in [0, 0.1) is 0 Å². The van der Waals surface area contributed by atoms with Gasteiger partial charge in [0.25, 0.3) is 0 Å². The van der Waals surface area contributed by atoms with Gasteiger partial charge in [0.05, 0.1) is 0 Å². The van der Waals surface area contributed by atoms with Crippen LogP contribution in [0.5, 0.6) is 0 Å². The van der Waals surface area contributed by atoms with Gasteiger partial charge in [-0.05, 0) is 24.0 Å². The highest BCUT2D eigenvalue weighted by molar-refractivity contribution is 6.17. The minimum absolute atomic E-state index is 0.621. The van der Waals surface area contributed by atoms with Crippen molar-refractivity contribution in [3.63, 3.8) is 0 Å². The fraction of sp³-hybridized carbons (Fsp3) is 0.538. The molecule has 0 N–H and O–H groups in total. The van der Waals surface area contributed by atoms with Crippen LogP contribution in [0.2, 0.25) is 0 Å². The molecule has 0 nitrogen and oxygen atoms in total. The predicted molar refractivity (Wildman–Crippen MR) is 63.8 cm³/mol. The first-order valence-electron chi connectivity index (χ1n) is 5.50. The molecule has 1 rings (SSSR count). The van der Waals surface area contributed by atoms with E-state index in [4.69, 9.17) is 11.6 Å². The van der Waals surface area contributed by atoms with Gasteiger partial charge in [0.2, 0.25) is 0 Å². The van der Waals surface area contributed by atoms with E-state index in [2.05, 4.69) is 31.2 Å². The second-order valence-corrected chi connectivity index (χ2v) is 4.03. The Labute approximate surface area is 92.3 Å². The Morgan fingerprint density at radius 1 is 0.929 bits per heavy atom. The fourth-order valence-corrected chi connectivity index (χ4v) is 1.73. The van der Waals surface area contributed by atoms with E-state index in [1.54, 1.807) is 0 Å². The average Bonchev–Trinajstić information content (AvgIpc) is 2.25. The molecule has 0 spiro atoms. The van der Waals surface area contributed by atoms with Gasteiger partial charge >= 0.3 is 0 Å². The van der Waals surface area contributed by atoms with Crippen LogP contribution in [0.15, 0.2) is 24.3 Å². The highest BCUT2D eigenvalue weighted by Crippen LogP contribution is 2.10. The maximum Gasteiger partial charge on any atom is 0.0474 e. The number of hydrogen-bond acceptors (Lipinski definition) is 0. The summed E-state index contributed by atoms with van der Waals surface area (Å²) >= 11 is 5.72. The van der Waals surface area contributed by atoms with E-state index in [9.17, 15) is 0 Å². The Bertz CT molecular complexity index is 238. The Morgan fingerprint density at radius 2 is 1.57 bits per heavy atom. The highest BCUT2D eigenvalue weighted by atomic mass is 35.5. The van der Waals surface area contributed by atoms with E-state index < -0.39 is 0 Å². The lowest BCUT2D eigenvalue weighted by Gasteiger charge is -2.02. The van der Waals surface area contributed by atoms with Crippen LogP contribution in [-0.2, 0) is 12.3 Å². The molecule has 0 atom stereocenters. The quantitative estimate of drug-likeness (QED) is 0.478. The standard InChI is InChI=1S/C13H19Cl/c1-2-3-4-5-6-12-7-9-13(11-14)10-8-12/h7-10H,2-6,11H2,1H3. The molecule has 0 aliphatic heterocycles. The number of benzene rings is 1. The molecule has 1 heteroatoms. The molecule has 0 unspecified atom stereocenters. The molecule has 14 heavy (non-hydrogen) atoms. The second kappa shape index (κ2) is 6.89. The number of rotatable bonds is 6. The minimum Gasteiger partial charge on any atom is -0.122 e. The molecule has 0 radical (unpaired) electrons. The molecule has 0 bridgehead atoms. The van der Waals surface area contributed by atoms with Gasteiger partial charge in [-0.3, -0.25) is 0 Å². The van der Waals surface area contributed by atoms with Crippen molar-refractivity contribution >= 4 is 11.6 Å². The van der Waals surface area contributed by atoms with E-state index in [0.717, 1.165) is 0 Å². The summed E-state index contributed by atoms with van der Waals surface area (Å²) in [5.74, 6) is 0.621. The van der Waals surface area contributed by atoms with Crippen molar-refractivity contribution in [1.29, 1.82) is 0 Å². The average molecular weight is 211 g/mol.